The van der Waals surface area contributed by atoms with Crippen LogP contribution in [0.3, 0.4) is 0 Å². The highest BCUT2D eigenvalue weighted by Gasteiger charge is 2.40. The van der Waals surface area contributed by atoms with Gasteiger partial charge in [-0.1, -0.05) is 11.3 Å². The molecule has 31 heavy (non-hydrogen) atoms. The number of aromatic nitrogens is 2. The number of pyridine rings is 1. The Labute approximate surface area is 185 Å². The predicted molar refractivity (Wildman–Crippen MR) is 120 cm³/mol. The van der Waals surface area contributed by atoms with Gasteiger partial charge in [0.15, 0.2) is 0 Å². The molecule has 1 amide bonds. The first-order valence-corrected chi connectivity index (χ1v) is 11.6. The number of carbonyl (C=O) groups is 1. The van der Waals surface area contributed by atoms with E-state index < -0.39 is 0 Å². The van der Waals surface area contributed by atoms with Crippen LogP contribution >= 0.6 is 11.3 Å². The van der Waals surface area contributed by atoms with Crippen molar-refractivity contribution >= 4 is 27.6 Å². The number of amides is 1. The van der Waals surface area contributed by atoms with Crippen molar-refractivity contribution in [2.24, 2.45) is 0 Å². The number of nitrogens with zero attached hydrogens (tertiary/aromatic N) is 3. The third-order valence-electron chi connectivity index (χ3n) is 6.09. The van der Waals surface area contributed by atoms with Crippen LogP contribution in [0.1, 0.15) is 32.6 Å². The number of hydrogen-bond donors (Lipinski definition) is 1. The van der Waals surface area contributed by atoms with Crippen LogP contribution in [-0.4, -0.2) is 52.1 Å². The SMILES string of the molecule is CC(=O)N[C@@H]1C[C@H]2CC[C@@H](C1)N2CCOc1ccc(Oc2nc3cccnc3s2)cc1. The normalized spacial score (nSPS) is 23.1. The van der Waals surface area contributed by atoms with Gasteiger partial charge in [0, 0.05) is 37.8 Å². The van der Waals surface area contributed by atoms with Gasteiger partial charge in [0.25, 0.3) is 5.19 Å². The minimum Gasteiger partial charge on any atom is -0.492 e. The molecule has 7 nitrogen and oxygen atoms in total. The average Bonchev–Trinajstić information content (AvgIpc) is 3.26. The van der Waals surface area contributed by atoms with E-state index >= 15 is 0 Å². The third kappa shape index (κ3) is 4.65. The Hall–Kier alpha value is -2.71. The summed E-state index contributed by atoms with van der Waals surface area (Å²) in [5.74, 6) is 1.64. The molecule has 1 aromatic carbocycles. The molecule has 4 heterocycles. The van der Waals surface area contributed by atoms with E-state index in [0.29, 0.717) is 29.9 Å². The largest absolute Gasteiger partial charge is 0.492 e. The lowest BCUT2D eigenvalue weighted by Crippen LogP contribution is -2.51. The molecule has 0 radical (unpaired) electrons. The summed E-state index contributed by atoms with van der Waals surface area (Å²) in [4.78, 5) is 23.5. The van der Waals surface area contributed by atoms with Crippen LogP contribution < -0.4 is 14.8 Å². The molecular formula is C23H26N4O3S. The number of benzene rings is 1. The highest BCUT2D eigenvalue weighted by Crippen LogP contribution is 2.35. The fraction of sp³-hybridized carbons (Fsp3) is 0.435. The van der Waals surface area contributed by atoms with E-state index in [2.05, 4.69) is 20.2 Å². The molecule has 2 saturated heterocycles. The van der Waals surface area contributed by atoms with Gasteiger partial charge in [-0.25, -0.2) is 9.97 Å². The molecule has 3 atom stereocenters. The van der Waals surface area contributed by atoms with E-state index in [9.17, 15) is 4.79 Å². The molecule has 8 heteroatoms. The molecular weight excluding hydrogens is 412 g/mol. The van der Waals surface area contributed by atoms with Crippen LogP contribution in [-0.2, 0) is 4.79 Å². The van der Waals surface area contributed by atoms with E-state index in [1.165, 1.54) is 24.2 Å². The molecule has 2 fully saturated rings. The average molecular weight is 439 g/mol. The van der Waals surface area contributed by atoms with Gasteiger partial charge in [0.2, 0.25) is 5.91 Å². The minimum atomic E-state index is 0.0772. The van der Waals surface area contributed by atoms with Gasteiger partial charge in [-0.2, -0.15) is 0 Å². The predicted octanol–water partition coefficient (Wildman–Crippen LogP) is 3.99. The van der Waals surface area contributed by atoms with Crippen molar-refractivity contribution in [1.82, 2.24) is 20.2 Å². The van der Waals surface area contributed by atoms with E-state index in [0.717, 1.165) is 41.2 Å². The second kappa shape index (κ2) is 8.80. The molecule has 2 bridgehead atoms. The van der Waals surface area contributed by atoms with Crippen LogP contribution in [0.25, 0.3) is 10.3 Å². The zero-order valence-corrected chi connectivity index (χ0v) is 18.3. The van der Waals surface area contributed by atoms with E-state index in [1.54, 1.807) is 13.1 Å². The molecule has 3 aromatic rings. The number of hydrogen-bond acceptors (Lipinski definition) is 7. The number of thiazole rings is 1. The summed E-state index contributed by atoms with van der Waals surface area (Å²) in [5, 5.41) is 3.68. The molecule has 2 aromatic heterocycles. The highest BCUT2D eigenvalue weighted by atomic mass is 32.1. The Balaban J connectivity index is 1.11. The van der Waals surface area contributed by atoms with Crippen molar-refractivity contribution in [3.05, 3.63) is 42.6 Å². The first-order valence-electron chi connectivity index (χ1n) is 10.8. The van der Waals surface area contributed by atoms with Gasteiger partial charge in [-0.3, -0.25) is 9.69 Å². The second-order valence-corrected chi connectivity index (χ2v) is 9.16. The molecule has 1 N–H and O–H groups in total. The van der Waals surface area contributed by atoms with Crippen molar-refractivity contribution in [2.45, 2.75) is 50.7 Å². The van der Waals surface area contributed by atoms with E-state index in [1.807, 2.05) is 36.4 Å². The summed E-state index contributed by atoms with van der Waals surface area (Å²) in [7, 11) is 0. The molecule has 162 valence electrons. The quantitative estimate of drug-likeness (QED) is 0.601. The topological polar surface area (TPSA) is 76.6 Å². The maximum Gasteiger partial charge on any atom is 0.281 e. The van der Waals surface area contributed by atoms with Gasteiger partial charge in [-0.15, -0.1) is 0 Å². The van der Waals surface area contributed by atoms with Crippen LogP contribution in [0.15, 0.2) is 42.6 Å². The Morgan fingerprint density at radius 1 is 1.16 bits per heavy atom. The van der Waals surface area contributed by atoms with Crippen molar-refractivity contribution in [3.63, 3.8) is 0 Å². The number of carbonyl (C=O) groups excluding carboxylic acids is 1. The Kier molecular flexibility index (Phi) is 5.74. The van der Waals surface area contributed by atoms with Gasteiger partial charge in [0.05, 0.1) is 0 Å². The Bertz CT molecular complexity index is 1010. The molecule has 5 rings (SSSR count). The molecule has 0 aliphatic carbocycles. The van der Waals surface area contributed by atoms with Gasteiger partial charge >= 0.3 is 0 Å². The first-order chi connectivity index (χ1) is 15.1. The summed E-state index contributed by atoms with van der Waals surface area (Å²) < 4.78 is 11.9. The fourth-order valence-corrected chi connectivity index (χ4v) is 5.59. The number of ether oxygens (including phenoxy) is 2. The van der Waals surface area contributed by atoms with Crippen LogP contribution in [0.2, 0.25) is 0 Å². The Morgan fingerprint density at radius 2 is 1.90 bits per heavy atom. The molecule has 2 aliphatic rings. The van der Waals surface area contributed by atoms with Crippen LogP contribution in [0.4, 0.5) is 0 Å². The van der Waals surface area contributed by atoms with Crippen LogP contribution in [0, 0.1) is 0 Å². The van der Waals surface area contributed by atoms with Crippen molar-refractivity contribution in [1.29, 1.82) is 0 Å². The zero-order valence-electron chi connectivity index (χ0n) is 17.5. The molecule has 2 aliphatic heterocycles. The lowest BCUT2D eigenvalue weighted by atomic mass is 9.97. The summed E-state index contributed by atoms with van der Waals surface area (Å²) in [6.07, 6.45) is 6.28. The second-order valence-electron chi connectivity index (χ2n) is 8.22. The van der Waals surface area contributed by atoms with E-state index in [-0.39, 0.29) is 5.91 Å². The number of piperidine rings is 1. The smallest absolute Gasteiger partial charge is 0.281 e. The molecule has 0 unspecified atom stereocenters. The maximum atomic E-state index is 11.4. The summed E-state index contributed by atoms with van der Waals surface area (Å²) in [6, 6.07) is 12.9. The van der Waals surface area contributed by atoms with Crippen LogP contribution in [0.5, 0.6) is 16.7 Å². The minimum absolute atomic E-state index is 0.0772. The zero-order chi connectivity index (χ0) is 21.2. The molecule has 0 spiro atoms. The summed E-state index contributed by atoms with van der Waals surface area (Å²) >= 11 is 1.43. The van der Waals surface area contributed by atoms with Gasteiger partial charge < -0.3 is 14.8 Å². The standard InChI is InChI=1S/C23H26N4O3S/c1-15(28)25-16-13-17-4-5-18(14-16)27(17)11-12-29-19-6-8-20(9-7-19)30-23-26-21-3-2-10-24-22(21)31-23/h2-3,6-10,16-18H,4-5,11-14H2,1H3,(H,25,28)/t16-,17-,18+. The first kappa shape index (κ1) is 20.2. The third-order valence-corrected chi connectivity index (χ3v) is 6.94. The van der Waals surface area contributed by atoms with Gasteiger partial charge in [-0.05, 0) is 62.1 Å². The summed E-state index contributed by atoms with van der Waals surface area (Å²) in [5.41, 5.74) is 0.845. The van der Waals surface area contributed by atoms with Crippen molar-refractivity contribution in [2.75, 3.05) is 13.2 Å². The number of nitrogens with one attached hydrogen (secondary N) is 1. The van der Waals surface area contributed by atoms with Crippen molar-refractivity contribution < 1.29 is 14.3 Å². The summed E-state index contributed by atoms with van der Waals surface area (Å²) in [6.45, 7) is 3.18. The van der Waals surface area contributed by atoms with E-state index in [4.69, 9.17) is 9.47 Å². The van der Waals surface area contributed by atoms with Crippen molar-refractivity contribution in [3.8, 4) is 16.7 Å². The van der Waals surface area contributed by atoms with Gasteiger partial charge in [0.1, 0.15) is 28.5 Å². The molecule has 0 saturated carbocycles. The maximum absolute atomic E-state index is 11.4. The lowest BCUT2D eigenvalue weighted by molar-refractivity contribution is -0.120. The Morgan fingerprint density at radius 3 is 2.61 bits per heavy atom. The number of rotatable bonds is 7. The monoisotopic (exact) mass is 438 g/mol. The highest BCUT2D eigenvalue weighted by molar-refractivity contribution is 7.19. The fourth-order valence-electron chi connectivity index (χ4n) is 4.81. The lowest BCUT2D eigenvalue weighted by Gasteiger charge is -2.39. The number of fused-ring (bicyclic) bond motifs is 3.